The van der Waals surface area contributed by atoms with Crippen molar-refractivity contribution >= 4 is 11.7 Å². The van der Waals surface area contributed by atoms with Crippen LogP contribution in [0.5, 0.6) is 0 Å². The molecule has 2 aromatic heterocycles. The second-order valence-corrected chi connectivity index (χ2v) is 7.06. The van der Waals surface area contributed by atoms with Gasteiger partial charge in [-0.3, -0.25) is 4.79 Å². The van der Waals surface area contributed by atoms with E-state index in [2.05, 4.69) is 26.4 Å². The van der Waals surface area contributed by atoms with E-state index >= 15 is 0 Å². The average Bonchev–Trinajstić information content (AvgIpc) is 3.16. The highest BCUT2D eigenvalue weighted by atomic mass is 19.1. The van der Waals surface area contributed by atoms with Gasteiger partial charge < -0.3 is 5.32 Å². The standard InChI is InChI=1S/C22H20FN5O/c1-13-4-9-18(14(2)10-13)15(3)26-21(29)20-11-19(16-5-7-17(23)8-6-16)27-22-24-12-25-28(20)22/h4-12,15H,1-3H3,(H,26,29)/t15-/m1/s1. The number of nitrogens with one attached hydrogen (secondary N) is 1. The molecule has 1 N–H and O–H groups in total. The van der Waals surface area contributed by atoms with Crippen LogP contribution in [0.25, 0.3) is 17.0 Å². The second kappa shape index (κ2) is 7.43. The van der Waals surface area contributed by atoms with Gasteiger partial charge in [0.05, 0.1) is 11.7 Å². The molecule has 0 radical (unpaired) electrons. The fraction of sp³-hybridized carbons (Fsp3) is 0.182. The SMILES string of the molecule is Cc1ccc([C@@H](C)NC(=O)c2cc(-c3ccc(F)cc3)nc3ncnn23)c(C)c1. The van der Waals surface area contributed by atoms with E-state index in [0.29, 0.717) is 22.7 Å². The molecule has 1 atom stereocenters. The van der Waals surface area contributed by atoms with Crippen molar-refractivity contribution in [2.24, 2.45) is 0 Å². The molecule has 0 aliphatic carbocycles. The Morgan fingerprint density at radius 1 is 1.10 bits per heavy atom. The molecule has 4 aromatic rings. The number of carbonyl (C=O) groups is 1. The van der Waals surface area contributed by atoms with Gasteiger partial charge in [-0.25, -0.2) is 9.37 Å². The molecule has 4 rings (SSSR count). The van der Waals surface area contributed by atoms with E-state index in [1.54, 1.807) is 18.2 Å². The molecule has 146 valence electrons. The topological polar surface area (TPSA) is 72.2 Å². The van der Waals surface area contributed by atoms with Crippen molar-refractivity contribution in [2.45, 2.75) is 26.8 Å². The van der Waals surface area contributed by atoms with Crippen LogP contribution in [0.1, 0.15) is 40.1 Å². The molecule has 0 saturated heterocycles. The summed E-state index contributed by atoms with van der Waals surface area (Å²) >= 11 is 0. The summed E-state index contributed by atoms with van der Waals surface area (Å²) in [4.78, 5) is 21.6. The van der Waals surface area contributed by atoms with Gasteiger partial charge in [0.25, 0.3) is 11.7 Å². The third-order valence-corrected chi connectivity index (χ3v) is 4.86. The lowest BCUT2D eigenvalue weighted by Gasteiger charge is -2.17. The van der Waals surface area contributed by atoms with E-state index < -0.39 is 0 Å². The number of rotatable bonds is 4. The first kappa shape index (κ1) is 18.7. The maximum atomic E-state index is 13.3. The Hall–Kier alpha value is -3.61. The normalized spacial score (nSPS) is 12.1. The monoisotopic (exact) mass is 389 g/mol. The zero-order valence-corrected chi connectivity index (χ0v) is 16.3. The third-order valence-electron chi connectivity index (χ3n) is 4.86. The first-order chi connectivity index (χ1) is 13.9. The highest BCUT2D eigenvalue weighted by molar-refractivity contribution is 5.94. The molecular weight excluding hydrogens is 369 g/mol. The Kier molecular flexibility index (Phi) is 4.80. The van der Waals surface area contributed by atoms with E-state index in [1.807, 2.05) is 32.9 Å². The molecule has 0 fully saturated rings. The number of hydrogen-bond donors (Lipinski definition) is 1. The van der Waals surface area contributed by atoms with E-state index in [1.165, 1.54) is 28.5 Å². The molecular formula is C22H20FN5O. The number of benzene rings is 2. The van der Waals surface area contributed by atoms with E-state index in [4.69, 9.17) is 0 Å². The highest BCUT2D eigenvalue weighted by Gasteiger charge is 2.19. The lowest BCUT2D eigenvalue weighted by atomic mass is 10.00. The zero-order valence-electron chi connectivity index (χ0n) is 16.3. The second-order valence-electron chi connectivity index (χ2n) is 7.06. The number of aromatic nitrogens is 4. The van der Waals surface area contributed by atoms with Crippen LogP contribution < -0.4 is 5.32 Å². The quantitative estimate of drug-likeness (QED) is 0.572. The predicted molar refractivity (Wildman–Crippen MR) is 108 cm³/mol. The number of aryl methyl sites for hydroxylation is 2. The van der Waals surface area contributed by atoms with Crippen molar-refractivity contribution in [1.29, 1.82) is 0 Å². The molecule has 0 unspecified atom stereocenters. The Morgan fingerprint density at radius 2 is 1.86 bits per heavy atom. The number of halogens is 1. The van der Waals surface area contributed by atoms with Crippen LogP contribution in [0.3, 0.4) is 0 Å². The molecule has 0 spiro atoms. The highest BCUT2D eigenvalue weighted by Crippen LogP contribution is 2.22. The Balaban J connectivity index is 1.69. The minimum Gasteiger partial charge on any atom is -0.344 e. The van der Waals surface area contributed by atoms with E-state index in [-0.39, 0.29) is 17.8 Å². The first-order valence-electron chi connectivity index (χ1n) is 9.27. The average molecular weight is 389 g/mol. The summed E-state index contributed by atoms with van der Waals surface area (Å²) in [5.74, 6) is -0.326. The molecule has 0 bridgehead atoms. The molecule has 29 heavy (non-hydrogen) atoms. The first-order valence-corrected chi connectivity index (χ1v) is 9.27. The number of amides is 1. The van der Waals surface area contributed by atoms with Crippen LogP contribution in [0.4, 0.5) is 4.39 Å². The summed E-state index contributed by atoms with van der Waals surface area (Å²) in [5, 5.41) is 7.15. The fourth-order valence-electron chi connectivity index (χ4n) is 3.40. The largest absolute Gasteiger partial charge is 0.344 e. The maximum absolute atomic E-state index is 13.3. The molecule has 7 heteroatoms. The molecule has 2 heterocycles. The molecule has 2 aromatic carbocycles. The van der Waals surface area contributed by atoms with E-state index in [0.717, 1.165) is 11.1 Å². The third kappa shape index (κ3) is 3.71. The maximum Gasteiger partial charge on any atom is 0.270 e. The summed E-state index contributed by atoms with van der Waals surface area (Å²) in [6.07, 6.45) is 1.35. The summed E-state index contributed by atoms with van der Waals surface area (Å²) < 4.78 is 14.7. The van der Waals surface area contributed by atoms with Gasteiger partial charge in [0, 0.05) is 5.56 Å². The lowest BCUT2D eigenvalue weighted by Crippen LogP contribution is -2.29. The number of nitrogens with zero attached hydrogens (tertiary/aromatic N) is 4. The predicted octanol–water partition coefficient (Wildman–Crippen LogP) is 4.04. The number of carbonyl (C=O) groups excluding carboxylic acids is 1. The van der Waals surface area contributed by atoms with Crippen LogP contribution in [0.2, 0.25) is 0 Å². The minimum atomic E-state index is -0.336. The zero-order chi connectivity index (χ0) is 20.5. The van der Waals surface area contributed by atoms with Crippen molar-refractivity contribution in [3.63, 3.8) is 0 Å². The number of hydrogen-bond acceptors (Lipinski definition) is 4. The summed E-state index contributed by atoms with van der Waals surface area (Å²) in [7, 11) is 0. The Labute approximate surface area is 167 Å². The molecule has 0 aliphatic rings. The van der Waals surface area contributed by atoms with Gasteiger partial charge in [0.2, 0.25) is 0 Å². The molecule has 0 aliphatic heterocycles. The van der Waals surface area contributed by atoms with Crippen LogP contribution in [-0.4, -0.2) is 25.5 Å². The molecule has 0 saturated carbocycles. The van der Waals surface area contributed by atoms with E-state index in [9.17, 15) is 9.18 Å². The van der Waals surface area contributed by atoms with Gasteiger partial charge in [0.15, 0.2) is 0 Å². The van der Waals surface area contributed by atoms with Crippen LogP contribution in [0.15, 0.2) is 54.9 Å². The molecule has 6 nitrogen and oxygen atoms in total. The van der Waals surface area contributed by atoms with Crippen molar-refractivity contribution in [3.8, 4) is 11.3 Å². The van der Waals surface area contributed by atoms with Crippen molar-refractivity contribution in [2.75, 3.05) is 0 Å². The Morgan fingerprint density at radius 3 is 2.59 bits per heavy atom. The van der Waals surface area contributed by atoms with Gasteiger partial charge in [-0.05, 0) is 62.2 Å². The van der Waals surface area contributed by atoms with Gasteiger partial charge in [0.1, 0.15) is 17.8 Å². The van der Waals surface area contributed by atoms with Gasteiger partial charge >= 0.3 is 0 Å². The van der Waals surface area contributed by atoms with Crippen molar-refractivity contribution < 1.29 is 9.18 Å². The van der Waals surface area contributed by atoms with Crippen molar-refractivity contribution in [1.82, 2.24) is 24.9 Å². The van der Waals surface area contributed by atoms with Crippen LogP contribution >= 0.6 is 0 Å². The van der Waals surface area contributed by atoms with Crippen LogP contribution in [0, 0.1) is 19.7 Å². The smallest absolute Gasteiger partial charge is 0.270 e. The lowest BCUT2D eigenvalue weighted by molar-refractivity contribution is 0.0932. The minimum absolute atomic E-state index is 0.191. The Bertz CT molecular complexity index is 1200. The van der Waals surface area contributed by atoms with Crippen LogP contribution in [-0.2, 0) is 0 Å². The molecule has 1 amide bonds. The number of fused-ring (bicyclic) bond motifs is 1. The van der Waals surface area contributed by atoms with Gasteiger partial charge in [-0.1, -0.05) is 23.8 Å². The summed E-state index contributed by atoms with van der Waals surface area (Å²) in [5.41, 5.74) is 4.86. The summed E-state index contributed by atoms with van der Waals surface area (Å²) in [6, 6.07) is 13.5. The van der Waals surface area contributed by atoms with Gasteiger partial charge in [-0.2, -0.15) is 14.6 Å². The summed E-state index contributed by atoms with van der Waals surface area (Å²) in [6.45, 7) is 6.01. The van der Waals surface area contributed by atoms with Gasteiger partial charge in [-0.15, -0.1) is 0 Å². The fourth-order valence-corrected chi connectivity index (χ4v) is 3.40. The van der Waals surface area contributed by atoms with Crippen molar-refractivity contribution in [3.05, 3.63) is 83.1 Å².